The maximum atomic E-state index is 12.4. The molecule has 0 aliphatic rings. The number of carbonyl (C=O) groups excluding carboxylic acids is 2. The summed E-state index contributed by atoms with van der Waals surface area (Å²) in [6.45, 7) is 35.1. The summed E-state index contributed by atoms with van der Waals surface area (Å²) in [4.78, 5) is 24.7. The molecule has 2 atom stereocenters. The number of rotatable bonds is 15. The minimum atomic E-state index is -1.17. The van der Waals surface area contributed by atoms with Gasteiger partial charge >= 0.3 is 11.9 Å². The summed E-state index contributed by atoms with van der Waals surface area (Å²) >= 11 is 0. The molecule has 241 valence electrons. The molecule has 0 aliphatic carbocycles. The fourth-order valence-corrected chi connectivity index (χ4v) is 2.64. The Bertz CT molecular complexity index is 535. The van der Waals surface area contributed by atoms with Gasteiger partial charge in [-0.25, -0.2) is 15.7 Å². The first kappa shape index (κ1) is 52.3. The van der Waals surface area contributed by atoms with E-state index in [-0.39, 0.29) is 52.0 Å². The van der Waals surface area contributed by atoms with Crippen LogP contribution in [-0.2, 0) is 66.0 Å². The summed E-state index contributed by atoms with van der Waals surface area (Å²) in [6.07, 6.45) is 5.55. The van der Waals surface area contributed by atoms with Gasteiger partial charge in [0.15, 0.2) is 11.2 Å². The van der Waals surface area contributed by atoms with Gasteiger partial charge in [-0.05, 0) is 47.5 Å². The summed E-state index contributed by atoms with van der Waals surface area (Å²) in [7, 11) is 0. The fraction of sp³-hybridized carbons (Fsp3) is 0.844. The average molecular weight is 653 g/mol. The standard InChI is InChI=1S/C22H41O7.2C3H8.C2H6.C2H4.Y/c1-10-12-18(11-2)29-22(8,9)20(24)27-15-17(5)28-21(6,7)19(23)26-14-13-25-16(3)4;2*1-3-2;2*1-2;/h17-18H,10-15H2,1-9H3;2*3H2,1-2H3;1-2H3;1-2H2;/q-1;;;;;. The largest absolute Gasteiger partial charge is 0.547 e. The smallest absolute Gasteiger partial charge is 0.337 e. The molecule has 7 nitrogen and oxygen atoms in total. The summed E-state index contributed by atoms with van der Waals surface area (Å²) in [5.74, 6) is -0.951. The normalized spacial score (nSPS) is 11.7. The molecular weight excluding hydrogens is 585 g/mol. The van der Waals surface area contributed by atoms with Crippen LogP contribution in [0, 0.1) is 6.10 Å². The molecule has 0 bridgehead atoms. The maximum absolute atomic E-state index is 12.4. The van der Waals surface area contributed by atoms with Crippen molar-refractivity contribution in [2.75, 3.05) is 19.8 Å². The van der Waals surface area contributed by atoms with Gasteiger partial charge in [0.05, 0.1) is 12.2 Å². The Balaban J connectivity index is -0.000000230. The molecule has 0 heterocycles. The third-order valence-corrected chi connectivity index (χ3v) is 4.16. The van der Waals surface area contributed by atoms with Crippen molar-refractivity contribution < 1.29 is 66.0 Å². The topological polar surface area (TPSA) is 80.3 Å². The van der Waals surface area contributed by atoms with Crippen molar-refractivity contribution in [3.63, 3.8) is 0 Å². The fourth-order valence-electron chi connectivity index (χ4n) is 2.64. The van der Waals surface area contributed by atoms with Crippen LogP contribution in [0.3, 0.4) is 0 Å². The van der Waals surface area contributed by atoms with Gasteiger partial charge in [0.2, 0.25) is 0 Å². The summed E-state index contributed by atoms with van der Waals surface area (Å²) in [6, 6.07) is 0. The van der Waals surface area contributed by atoms with Crippen molar-refractivity contribution in [2.45, 2.75) is 159 Å². The van der Waals surface area contributed by atoms with Gasteiger partial charge in [-0.15, -0.1) is 13.2 Å². The zero-order valence-corrected chi connectivity index (χ0v) is 32.0. The van der Waals surface area contributed by atoms with E-state index >= 15 is 0 Å². The van der Waals surface area contributed by atoms with Gasteiger partial charge in [-0.1, -0.05) is 74.7 Å². The van der Waals surface area contributed by atoms with Crippen LogP contribution in [0.1, 0.15) is 136 Å². The molecular formula is C32H67O7Y-. The minimum absolute atomic E-state index is 0. The first-order chi connectivity index (χ1) is 18.2. The summed E-state index contributed by atoms with van der Waals surface area (Å²) < 4.78 is 27.5. The molecule has 0 aromatic carbocycles. The zero-order chi connectivity index (χ0) is 32.1. The monoisotopic (exact) mass is 652 g/mol. The van der Waals surface area contributed by atoms with Gasteiger partial charge in [-0.3, -0.25) is 0 Å². The maximum Gasteiger partial charge on any atom is 0.337 e. The van der Waals surface area contributed by atoms with E-state index in [2.05, 4.69) is 47.8 Å². The van der Waals surface area contributed by atoms with E-state index in [1.54, 1.807) is 34.6 Å². The molecule has 0 aromatic heterocycles. The van der Waals surface area contributed by atoms with E-state index in [0.717, 1.165) is 25.4 Å². The van der Waals surface area contributed by atoms with Crippen LogP contribution in [0.4, 0.5) is 0 Å². The molecule has 0 rings (SSSR count). The first-order valence-electron chi connectivity index (χ1n) is 14.8. The molecule has 1 radical (unpaired) electrons. The van der Waals surface area contributed by atoms with Crippen LogP contribution in [0.25, 0.3) is 0 Å². The summed E-state index contributed by atoms with van der Waals surface area (Å²) in [5.41, 5.74) is -2.21. The van der Waals surface area contributed by atoms with E-state index in [9.17, 15) is 9.59 Å². The van der Waals surface area contributed by atoms with Crippen molar-refractivity contribution in [3.8, 4) is 0 Å². The molecule has 0 amide bonds. The minimum Gasteiger partial charge on any atom is -0.547 e. The van der Waals surface area contributed by atoms with Gasteiger partial charge in [0, 0.05) is 39.3 Å². The molecule has 40 heavy (non-hydrogen) atoms. The molecule has 2 unspecified atom stereocenters. The Morgan fingerprint density at radius 2 is 1.18 bits per heavy atom. The molecule has 0 fully saturated rings. The third-order valence-electron chi connectivity index (χ3n) is 4.16. The van der Waals surface area contributed by atoms with E-state index in [1.807, 2.05) is 34.6 Å². The van der Waals surface area contributed by atoms with Crippen LogP contribution in [0.5, 0.6) is 0 Å². The number of carbonyl (C=O) groups is 2. The van der Waals surface area contributed by atoms with E-state index in [4.69, 9.17) is 23.7 Å². The number of hydrogen-bond acceptors (Lipinski definition) is 7. The second-order valence-corrected chi connectivity index (χ2v) is 9.79. The van der Waals surface area contributed by atoms with Crippen molar-refractivity contribution in [2.24, 2.45) is 0 Å². The quantitative estimate of drug-likeness (QED) is 0.0757. The predicted molar refractivity (Wildman–Crippen MR) is 166 cm³/mol. The zero-order valence-electron chi connectivity index (χ0n) is 29.2. The molecule has 8 heteroatoms. The Kier molecular flexibility index (Phi) is 45.6. The Hall–Kier alpha value is -0.336. The van der Waals surface area contributed by atoms with Crippen molar-refractivity contribution >= 4 is 11.9 Å². The molecule has 0 spiro atoms. The van der Waals surface area contributed by atoms with Crippen molar-refractivity contribution in [1.82, 2.24) is 0 Å². The molecule has 0 saturated carbocycles. The summed E-state index contributed by atoms with van der Waals surface area (Å²) in [5, 5.41) is 0. The van der Waals surface area contributed by atoms with E-state index in [0.29, 0.717) is 6.61 Å². The second kappa shape index (κ2) is 34.9. The molecule has 0 aliphatic heterocycles. The van der Waals surface area contributed by atoms with Gasteiger partial charge in [0.25, 0.3) is 0 Å². The van der Waals surface area contributed by atoms with Crippen LogP contribution in [0.15, 0.2) is 13.2 Å². The van der Waals surface area contributed by atoms with Crippen LogP contribution >= 0.6 is 0 Å². The van der Waals surface area contributed by atoms with Gasteiger partial charge in [0.1, 0.15) is 13.2 Å². The van der Waals surface area contributed by atoms with Crippen molar-refractivity contribution in [3.05, 3.63) is 19.3 Å². The molecule has 0 aromatic rings. The predicted octanol–water partition coefficient (Wildman–Crippen LogP) is 8.88. The Labute approximate surface area is 275 Å². The van der Waals surface area contributed by atoms with Crippen LogP contribution in [-0.4, -0.2) is 55.2 Å². The second-order valence-electron chi connectivity index (χ2n) is 9.79. The molecule has 0 saturated heterocycles. The SMILES string of the molecule is C=C.CC.CCC.CCC.CCCC(CC)OC(C)(C)C(=O)OCC(C)OC(C)(C)C(=O)OCCO[C-](C)C.[Y]. The van der Waals surface area contributed by atoms with Gasteiger partial charge < -0.3 is 23.7 Å². The Morgan fingerprint density at radius 1 is 0.775 bits per heavy atom. The average Bonchev–Trinajstić information content (AvgIpc) is 2.87. The molecule has 0 N–H and O–H groups in total. The Morgan fingerprint density at radius 3 is 1.55 bits per heavy atom. The van der Waals surface area contributed by atoms with E-state index in [1.165, 1.54) is 12.8 Å². The number of esters is 2. The number of ether oxygens (including phenoxy) is 5. The number of hydrogen-bond donors (Lipinski definition) is 0. The van der Waals surface area contributed by atoms with Crippen LogP contribution < -0.4 is 0 Å². The van der Waals surface area contributed by atoms with Crippen LogP contribution in [0.2, 0.25) is 0 Å². The third kappa shape index (κ3) is 33.9. The van der Waals surface area contributed by atoms with Gasteiger partial charge in [-0.2, -0.15) is 13.8 Å². The van der Waals surface area contributed by atoms with Crippen molar-refractivity contribution in [1.29, 1.82) is 0 Å². The van der Waals surface area contributed by atoms with E-state index < -0.39 is 29.2 Å². The first-order valence-corrected chi connectivity index (χ1v) is 14.8.